The average Bonchev–Trinajstić information content (AvgIpc) is 3.16. The molecule has 1 amide bonds. The molecule has 0 radical (unpaired) electrons. The molecule has 7 nitrogen and oxygen atoms in total. The Labute approximate surface area is 182 Å². The molecular formula is C24H27N5O2. The minimum absolute atomic E-state index is 0.0119. The molecule has 3 heterocycles. The first-order valence-corrected chi connectivity index (χ1v) is 10.8. The van der Waals surface area contributed by atoms with E-state index in [1.165, 1.54) is 0 Å². The summed E-state index contributed by atoms with van der Waals surface area (Å²) in [4.78, 5) is 20.2. The van der Waals surface area contributed by atoms with Gasteiger partial charge in [-0.05, 0) is 49.9 Å². The molecule has 0 atom stereocenters. The number of fused-ring (bicyclic) bond motifs is 2. The van der Waals surface area contributed by atoms with Gasteiger partial charge in [-0.15, -0.1) is 0 Å². The SMILES string of the molecule is CO[C@H]1CC[C@H](C(=O)N2Cc3cccnc3Nc3ccc(-c4ccnn4C)cc32)CC1. The third-order valence-electron chi connectivity index (χ3n) is 6.50. The van der Waals surface area contributed by atoms with Crippen molar-refractivity contribution in [2.45, 2.75) is 38.3 Å². The summed E-state index contributed by atoms with van der Waals surface area (Å²) in [7, 11) is 3.68. The third kappa shape index (κ3) is 3.70. The zero-order valence-electron chi connectivity index (χ0n) is 17.9. The molecule has 160 valence electrons. The fourth-order valence-corrected chi connectivity index (χ4v) is 4.70. The number of amides is 1. The summed E-state index contributed by atoms with van der Waals surface area (Å²) in [6.45, 7) is 0.501. The van der Waals surface area contributed by atoms with Gasteiger partial charge in [0.25, 0.3) is 0 Å². The molecule has 0 spiro atoms. The molecule has 7 heteroatoms. The van der Waals surface area contributed by atoms with E-state index in [-0.39, 0.29) is 17.9 Å². The van der Waals surface area contributed by atoms with Gasteiger partial charge < -0.3 is 15.0 Å². The molecule has 1 saturated carbocycles. The first kappa shape index (κ1) is 19.8. The van der Waals surface area contributed by atoms with Crippen LogP contribution < -0.4 is 10.2 Å². The van der Waals surface area contributed by atoms with Gasteiger partial charge >= 0.3 is 0 Å². The van der Waals surface area contributed by atoms with Crippen LogP contribution >= 0.6 is 0 Å². The Morgan fingerprint density at radius 1 is 1.13 bits per heavy atom. The van der Waals surface area contributed by atoms with Crippen molar-refractivity contribution in [2.24, 2.45) is 13.0 Å². The number of benzene rings is 1. The zero-order valence-corrected chi connectivity index (χ0v) is 17.9. The van der Waals surface area contributed by atoms with Crippen molar-refractivity contribution in [2.75, 3.05) is 17.3 Å². The van der Waals surface area contributed by atoms with E-state index in [4.69, 9.17) is 4.74 Å². The van der Waals surface area contributed by atoms with Crippen molar-refractivity contribution in [3.8, 4) is 11.3 Å². The van der Waals surface area contributed by atoms with E-state index in [9.17, 15) is 4.79 Å². The number of pyridine rings is 1. The van der Waals surface area contributed by atoms with Crippen LogP contribution in [0.5, 0.6) is 0 Å². The zero-order chi connectivity index (χ0) is 21.4. The molecule has 1 N–H and O–H groups in total. The molecule has 1 aromatic carbocycles. The molecule has 1 aliphatic carbocycles. The smallest absolute Gasteiger partial charge is 0.230 e. The number of anilines is 3. The number of carbonyl (C=O) groups is 1. The standard InChI is InChI=1S/C24H27N5O2/c1-28-21(11-13-26-28)17-7-10-20-22(14-17)29(15-18-4-3-12-25-23(18)27-20)24(30)16-5-8-19(31-2)9-6-16/h3-4,7,10-14,16,19H,5-6,8-9,15H2,1-2H3,(H,25,27)/t16-,19-. The fraction of sp³-hybridized carbons (Fsp3) is 0.375. The van der Waals surface area contributed by atoms with Crippen LogP contribution in [0.25, 0.3) is 11.3 Å². The van der Waals surface area contributed by atoms with Gasteiger partial charge in [-0.25, -0.2) is 4.98 Å². The molecule has 0 saturated heterocycles. The first-order chi connectivity index (χ1) is 15.1. The van der Waals surface area contributed by atoms with Crippen LogP contribution in [0.2, 0.25) is 0 Å². The van der Waals surface area contributed by atoms with E-state index in [1.807, 2.05) is 40.9 Å². The summed E-state index contributed by atoms with van der Waals surface area (Å²) >= 11 is 0. The van der Waals surface area contributed by atoms with Gasteiger partial charge in [-0.2, -0.15) is 5.10 Å². The molecule has 2 aromatic heterocycles. The van der Waals surface area contributed by atoms with Crippen molar-refractivity contribution in [1.29, 1.82) is 0 Å². The van der Waals surface area contributed by atoms with E-state index in [1.54, 1.807) is 19.5 Å². The highest BCUT2D eigenvalue weighted by Crippen LogP contribution is 2.39. The second-order valence-electron chi connectivity index (χ2n) is 8.34. The van der Waals surface area contributed by atoms with Crippen molar-refractivity contribution >= 4 is 23.1 Å². The second kappa shape index (κ2) is 8.15. The largest absolute Gasteiger partial charge is 0.381 e. The Balaban J connectivity index is 1.55. The highest BCUT2D eigenvalue weighted by atomic mass is 16.5. The Bertz CT molecular complexity index is 1100. The summed E-state index contributed by atoms with van der Waals surface area (Å²) in [5.41, 5.74) is 4.83. The van der Waals surface area contributed by atoms with Crippen LogP contribution in [0.1, 0.15) is 31.2 Å². The molecule has 0 bridgehead atoms. The Hall–Kier alpha value is -3.19. The van der Waals surface area contributed by atoms with Gasteiger partial charge in [-0.3, -0.25) is 9.48 Å². The number of hydrogen-bond donors (Lipinski definition) is 1. The fourth-order valence-electron chi connectivity index (χ4n) is 4.70. The van der Waals surface area contributed by atoms with E-state index < -0.39 is 0 Å². The Morgan fingerprint density at radius 2 is 1.97 bits per heavy atom. The van der Waals surface area contributed by atoms with Gasteiger partial charge in [0, 0.05) is 43.6 Å². The van der Waals surface area contributed by atoms with Crippen LogP contribution in [0.3, 0.4) is 0 Å². The van der Waals surface area contributed by atoms with Crippen molar-refractivity contribution in [1.82, 2.24) is 14.8 Å². The first-order valence-electron chi connectivity index (χ1n) is 10.8. The van der Waals surface area contributed by atoms with Crippen molar-refractivity contribution < 1.29 is 9.53 Å². The lowest BCUT2D eigenvalue weighted by molar-refractivity contribution is -0.124. The lowest BCUT2D eigenvalue weighted by atomic mass is 9.86. The monoisotopic (exact) mass is 417 g/mol. The maximum Gasteiger partial charge on any atom is 0.230 e. The second-order valence-corrected chi connectivity index (χ2v) is 8.34. The predicted molar refractivity (Wildman–Crippen MR) is 120 cm³/mol. The molecule has 0 unspecified atom stereocenters. The summed E-state index contributed by atoms with van der Waals surface area (Å²) in [6, 6.07) is 12.1. The topological polar surface area (TPSA) is 72.3 Å². The number of ether oxygens (including phenoxy) is 1. The molecule has 3 aromatic rings. The summed E-state index contributed by atoms with van der Waals surface area (Å²) < 4.78 is 7.35. The summed E-state index contributed by atoms with van der Waals surface area (Å²) in [6.07, 6.45) is 7.41. The minimum atomic E-state index is 0.0119. The lowest BCUT2D eigenvalue weighted by Crippen LogP contribution is -2.38. The van der Waals surface area contributed by atoms with Crippen LogP contribution in [-0.2, 0) is 23.1 Å². The van der Waals surface area contributed by atoms with Gasteiger partial charge in [0.2, 0.25) is 5.91 Å². The normalized spacial score (nSPS) is 20.4. The number of rotatable bonds is 3. The lowest BCUT2D eigenvalue weighted by Gasteiger charge is -2.32. The van der Waals surface area contributed by atoms with Crippen LogP contribution in [0, 0.1) is 5.92 Å². The van der Waals surface area contributed by atoms with Gasteiger partial charge in [0.1, 0.15) is 5.82 Å². The summed E-state index contributed by atoms with van der Waals surface area (Å²) in [5, 5.41) is 7.74. The Morgan fingerprint density at radius 3 is 2.71 bits per heavy atom. The highest BCUT2D eigenvalue weighted by Gasteiger charge is 2.33. The minimum Gasteiger partial charge on any atom is -0.381 e. The highest BCUT2D eigenvalue weighted by molar-refractivity contribution is 6.00. The molecule has 1 fully saturated rings. The molecule has 31 heavy (non-hydrogen) atoms. The van der Waals surface area contributed by atoms with Crippen molar-refractivity contribution in [3.05, 3.63) is 54.4 Å². The molecule has 1 aliphatic heterocycles. The van der Waals surface area contributed by atoms with E-state index in [0.717, 1.165) is 59.7 Å². The number of carbonyl (C=O) groups excluding carboxylic acids is 1. The van der Waals surface area contributed by atoms with E-state index in [0.29, 0.717) is 6.54 Å². The molecule has 2 aliphatic rings. The number of methoxy groups -OCH3 is 1. The Kier molecular flexibility index (Phi) is 5.19. The maximum atomic E-state index is 13.8. The number of aryl methyl sites for hydroxylation is 1. The van der Waals surface area contributed by atoms with Crippen LogP contribution in [0.15, 0.2) is 48.8 Å². The van der Waals surface area contributed by atoms with E-state index >= 15 is 0 Å². The van der Waals surface area contributed by atoms with E-state index in [2.05, 4.69) is 27.5 Å². The van der Waals surface area contributed by atoms with Crippen molar-refractivity contribution in [3.63, 3.8) is 0 Å². The molecular weight excluding hydrogens is 390 g/mol. The number of hydrogen-bond acceptors (Lipinski definition) is 5. The third-order valence-corrected chi connectivity index (χ3v) is 6.50. The summed E-state index contributed by atoms with van der Waals surface area (Å²) in [5.74, 6) is 0.990. The molecule has 5 rings (SSSR count). The number of aromatic nitrogens is 3. The van der Waals surface area contributed by atoms with Gasteiger partial charge in [0.15, 0.2) is 0 Å². The average molecular weight is 418 g/mol. The number of nitrogens with zero attached hydrogens (tertiary/aromatic N) is 4. The quantitative estimate of drug-likeness (QED) is 0.689. The van der Waals surface area contributed by atoms with Gasteiger partial charge in [0.05, 0.1) is 29.7 Å². The van der Waals surface area contributed by atoms with Crippen LogP contribution in [0.4, 0.5) is 17.2 Å². The maximum absolute atomic E-state index is 13.8. The predicted octanol–water partition coefficient (Wildman–Crippen LogP) is 4.28. The number of nitrogens with one attached hydrogen (secondary N) is 1. The van der Waals surface area contributed by atoms with Gasteiger partial charge in [-0.1, -0.05) is 12.1 Å². The van der Waals surface area contributed by atoms with Crippen LogP contribution in [-0.4, -0.2) is 33.9 Å².